The molecule has 0 unspecified atom stereocenters. The molecule has 0 saturated carbocycles. The molecule has 1 N–H and O–H groups in total. The maximum atomic E-state index is 11.8. The fourth-order valence-corrected chi connectivity index (χ4v) is 1.72. The highest BCUT2D eigenvalue weighted by Crippen LogP contribution is 2.28. The van der Waals surface area contributed by atoms with Crippen LogP contribution >= 0.6 is 0 Å². The van der Waals surface area contributed by atoms with Crippen molar-refractivity contribution in [3.63, 3.8) is 0 Å². The zero-order chi connectivity index (χ0) is 16.8. The Morgan fingerprint density at radius 2 is 1.74 bits per heavy atom. The zero-order valence-electron chi connectivity index (χ0n) is 11.6. The smallest absolute Gasteiger partial charge is 0.287 e. The zero-order valence-corrected chi connectivity index (χ0v) is 11.6. The predicted molar refractivity (Wildman–Crippen MR) is 82.6 cm³/mol. The second kappa shape index (κ2) is 6.89. The molecule has 0 saturated heterocycles. The Labute approximate surface area is 129 Å². The van der Waals surface area contributed by atoms with Crippen molar-refractivity contribution in [2.24, 2.45) is 5.10 Å². The third kappa shape index (κ3) is 3.94. The van der Waals surface area contributed by atoms with Gasteiger partial charge in [0.15, 0.2) is 0 Å². The molecule has 2 aromatic carbocycles. The number of anilines is 1. The highest BCUT2D eigenvalue weighted by Gasteiger charge is 2.19. The average molecular weight is 314 g/mol. The van der Waals surface area contributed by atoms with Crippen molar-refractivity contribution >= 4 is 29.1 Å². The molecule has 0 aromatic heterocycles. The van der Waals surface area contributed by atoms with Gasteiger partial charge in [0, 0.05) is 11.6 Å². The number of carbonyl (C=O) groups is 1. The Kier molecular flexibility index (Phi) is 4.72. The summed E-state index contributed by atoms with van der Waals surface area (Å²) in [6.45, 7) is 0. The lowest BCUT2D eigenvalue weighted by Crippen LogP contribution is -2.03. The summed E-state index contributed by atoms with van der Waals surface area (Å²) >= 11 is 0. The van der Waals surface area contributed by atoms with Crippen LogP contribution in [0.1, 0.15) is 10.4 Å². The Hall–Kier alpha value is -3.62. The fraction of sp³-hybridized carbons (Fsp3) is 0. The Morgan fingerprint density at radius 1 is 1.04 bits per heavy atom. The quantitative estimate of drug-likeness (QED) is 0.378. The molecule has 0 heterocycles. The molecule has 0 aliphatic carbocycles. The summed E-state index contributed by atoms with van der Waals surface area (Å²) in [6, 6.07) is 11.4. The van der Waals surface area contributed by atoms with E-state index in [1.807, 2.05) is 0 Å². The minimum Gasteiger partial charge on any atom is -0.287 e. The van der Waals surface area contributed by atoms with E-state index in [0.717, 1.165) is 24.4 Å². The lowest BCUT2D eigenvalue weighted by Gasteiger charge is -2.01. The largest absolute Gasteiger partial charge is 0.301 e. The molecule has 9 nitrogen and oxygen atoms in total. The van der Waals surface area contributed by atoms with Crippen LogP contribution in [0.25, 0.3) is 0 Å². The summed E-state index contributed by atoms with van der Waals surface area (Å²) in [6.07, 6.45) is 0.973. The highest BCUT2D eigenvalue weighted by atomic mass is 16.6. The third-order valence-corrected chi connectivity index (χ3v) is 2.81. The van der Waals surface area contributed by atoms with Crippen LogP contribution in [0.15, 0.2) is 53.6 Å². The van der Waals surface area contributed by atoms with Gasteiger partial charge in [-0.3, -0.25) is 30.4 Å². The second-order valence-corrected chi connectivity index (χ2v) is 4.32. The van der Waals surface area contributed by atoms with E-state index in [-0.39, 0.29) is 11.5 Å². The van der Waals surface area contributed by atoms with Gasteiger partial charge in [0.05, 0.1) is 22.1 Å². The molecule has 116 valence electrons. The van der Waals surface area contributed by atoms with Crippen molar-refractivity contribution in [1.82, 2.24) is 0 Å². The van der Waals surface area contributed by atoms with Gasteiger partial charge in [-0.25, -0.2) is 0 Å². The van der Waals surface area contributed by atoms with Crippen LogP contribution in [0.5, 0.6) is 0 Å². The number of ketones is 1. The molecule has 9 heteroatoms. The normalized spacial score (nSPS) is 10.4. The molecular weight excluding hydrogens is 304 g/mol. The van der Waals surface area contributed by atoms with Crippen molar-refractivity contribution < 1.29 is 14.6 Å². The van der Waals surface area contributed by atoms with Crippen LogP contribution in [0, 0.1) is 20.2 Å². The summed E-state index contributed by atoms with van der Waals surface area (Å²) in [5, 5.41) is 25.2. The summed E-state index contributed by atoms with van der Waals surface area (Å²) in [7, 11) is 0. The van der Waals surface area contributed by atoms with E-state index in [1.54, 1.807) is 30.3 Å². The van der Waals surface area contributed by atoms with Crippen LogP contribution in [-0.2, 0) is 0 Å². The lowest BCUT2D eigenvalue weighted by molar-refractivity contribution is -0.393. The van der Waals surface area contributed by atoms with E-state index in [0.29, 0.717) is 5.56 Å². The van der Waals surface area contributed by atoms with Gasteiger partial charge in [-0.05, 0) is 6.07 Å². The molecule has 2 aromatic rings. The lowest BCUT2D eigenvalue weighted by atomic mass is 10.1. The number of nitrogens with one attached hydrogen (secondary N) is 1. The summed E-state index contributed by atoms with van der Waals surface area (Å²) in [4.78, 5) is 31.8. The van der Waals surface area contributed by atoms with E-state index < -0.39 is 21.2 Å². The number of nitrogens with zero attached hydrogens (tertiary/aromatic N) is 3. The number of rotatable bonds is 6. The second-order valence-electron chi connectivity index (χ2n) is 4.32. The van der Waals surface area contributed by atoms with Gasteiger partial charge in [0.25, 0.3) is 5.69 Å². The highest BCUT2D eigenvalue weighted by molar-refractivity contribution is 6.35. The van der Waals surface area contributed by atoms with E-state index in [2.05, 4.69) is 10.5 Å². The number of hydrogen-bond acceptors (Lipinski definition) is 7. The summed E-state index contributed by atoms with van der Waals surface area (Å²) < 4.78 is 0. The SMILES string of the molecule is O=C(/C=N/Nc1ccc([N+](=O)[O-])cc1[N+](=O)[O-])c1ccccc1. The summed E-state index contributed by atoms with van der Waals surface area (Å²) in [5.41, 5.74) is 1.78. The molecule has 23 heavy (non-hydrogen) atoms. The molecule has 0 aliphatic rings. The number of carbonyl (C=O) groups excluding carboxylic acids is 1. The first kappa shape index (κ1) is 15.8. The number of Topliss-reactive ketones (excluding diaryl/α,β-unsaturated/α-hetero) is 1. The van der Waals surface area contributed by atoms with Crippen LogP contribution < -0.4 is 5.43 Å². The number of hydrogen-bond donors (Lipinski definition) is 1. The van der Waals surface area contributed by atoms with Crippen LogP contribution in [0.2, 0.25) is 0 Å². The number of hydrazone groups is 1. The first-order valence-corrected chi connectivity index (χ1v) is 6.30. The van der Waals surface area contributed by atoms with Gasteiger partial charge >= 0.3 is 5.69 Å². The summed E-state index contributed by atoms with van der Waals surface area (Å²) in [5.74, 6) is -0.386. The van der Waals surface area contributed by atoms with Gasteiger partial charge in [-0.2, -0.15) is 5.10 Å². The minimum atomic E-state index is -0.774. The minimum absolute atomic E-state index is 0.0577. The molecular formula is C14H10N4O5. The maximum Gasteiger partial charge on any atom is 0.301 e. The first-order chi connectivity index (χ1) is 11.0. The number of nitro groups is 2. The molecule has 0 spiro atoms. The number of benzene rings is 2. The van der Waals surface area contributed by atoms with Crippen LogP contribution in [0.4, 0.5) is 17.1 Å². The molecule has 0 atom stereocenters. The number of non-ortho nitro benzene ring substituents is 1. The van der Waals surface area contributed by atoms with Gasteiger partial charge in [-0.15, -0.1) is 0 Å². The van der Waals surface area contributed by atoms with Crippen molar-refractivity contribution in [3.8, 4) is 0 Å². The molecule has 0 fully saturated rings. The van der Waals surface area contributed by atoms with Crippen molar-refractivity contribution in [1.29, 1.82) is 0 Å². The molecule has 2 rings (SSSR count). The molecule has 0 aliphatic heterocycles. The first-order valence-electron chi connectivity index (χ1n) is 6.30. The van der Waals surface area contributed by atoms with E-state index in [9.17, 15) is 25.0 Å². The average Bonchev–Trinajstić information content (AvgIpc) is 2.55. The third-order valence-electron chi connectivity index (χ3n) is 2.81. The van der Waals surface area contributed by atoms with Gasteiger partial charge in [-0.1, -0.05) is 30.3 Å². The van der Waals surface area contributed by atoms with Gasteiger partial charge in [0.1, 0.15) is 5.69 Å². The molecule has 0 bridgehead atoms. The van der Waals surface area contributed by atoms with Gasteiger partial charge in [0.2, 0.25) is 5.78 Å². The fourth-order valence-electron chi connectivity index (χ4n) is 1.72. The standard InChI is InChI=1S/C14H10N4O5/c19-14(10-4-2-1-3-5-10)9-15-16-12-7-6-11(17(20)21)8-13(12)18(22)23/h1-9,16H/b15-9+. The van der Waals surface area contributed by atoms with Crippen LogP contribution in [-0.4, -0.2) is 21.8 Å². The van der Waals surface area contributed by atoms with Crippen molar-refractivity contribution in [3.05, 3.63) is 74.3 Å². The van der Waals surface area contributed by atoms with E-state index >= 15 is 0 Å². The van der Waals surface area contributed by atoms with Crippen LogP contribution in [0.3, 0.4) is 0 Å². The van der Waals surface area contributed by atoms with E-state index in [1.165, 1.54) is 0 Å². The van der Waals surface area contributed by atoms with Crippen molar-refractivity contribution in [2.45, 2.75) is 0 Å². The maximum absolute atomic E-state index is 11.8. The molecule has 0 radical (unpaired) electrons. The Morgan fingerprint density at radius 3 is 2.35 bits per heavy atom. The predicted octanol–water partition coefficient (Wildman–Crippen LogP) is 2.78. The monoisotopic (exact) mass is 314 g/mol. The van der Waals surface area contributed by atoms with E-state index in [4.69, 9.17) is 0 Å². The molecule has 0 amide bonds. The van der Waals surface area contributed by atoms with Gasteiger partial charge < -0.3 is 0 Å². The Bertz CT molecular complexity index is 789. The topological polar surface area (TPSA) is 128 Å². The Balaban J connectivity index is 2.17. The van der Waals surface area contributed by atoms with Crippen molar-refractivity contribution in [2.75, 3.05) is 5.43 Å². The number of nitro benzene ring substituents is 2.